The smallest absolute Gasteiger partial charge is 0.444 e. The lowest BCUT2D eigenvalue weighted by Gasteiger charge is -2.37. The number of aliphatic hydroxyl groups is 1. The maximum Gasteiger partial charge on any atom is 0.573 e. The number of aliphatic imine (C=N–C) groups is 3. The number of hydrogen-bond acceptors (Lipinski definition) is 12. The van der Waals surface area contributed by atoms with E-state index >= 15 is 0 Å². The fraction of sp³-hybridized carbons (Fsp3) is 0.660. The van der Waals surface area contributed by atoms with E-state index in [0.29, 0.717) is 92.1 Å². The van der Waals surface area contributed by atoms with Gasteiger partial charge in [-0.3, -0.25) is 15.0 Å². The highest BCUT2D eigenvalue weighted by Crippen LogP contribution is 2.36. The molecule has 15 nitrogen and oxygen atoms in total. The maximum atomic E-state index is 12.8. The summed E-state index contributed by atoms with van der Waals surface area (Å²) >= 11 is 5.47. The van der Waals surface area contributed by atoms with Crippen molar-refractivity contribution in [3.8, 4) is 11.5 Å². The molecule has 2 saturated carbocycles. The molecule has 418 valence electrons. The largest absolute Gasteiger partial charge is 0.573 e. The average Bonchev–Trinajstić information content (AvgIpc) is 3.86. The molecule has 0 radical (unpaired) electrons. The van der Waals surface area contributed by atoms with Gasteiger partial charge in [-0.05, 0) is 136 Å². The first-order valence-corrected chi connectivity index (χ1v) is 26.3. The van der Waals surface area contributed by atoms with E-state index in [1.54, 1.807) is 42.7 Å². The third-order valence-corrected chi connectivity index (χ3v) is 13.9. The number of benzene rings is 2. The van der Waals surface area contributed by atoms with Crippen molar-refractivity contribution in [3.63, 3.8) is 0 Å². The van der Waals surface area contributed by atoms with E-state index < -0.39 is 35.0 Å². The fourth-order valence-corrected chi connectivity index (χ4v) is 10.00. The van der Waals surface area contributed by atoms with Crippen LogP contribution in [0.15, 0.2) is 63.5 Å². The molecule has 2 amide bonds. The van der Waals surface area contributed by atoms with Crippen molar-refractivity contribution < 1.29 is 60.0 Å². The van der Waals surface area contributed by atoms with E-state index in [-0.39, 0.29) is 23.7 Å². The highest BCUT2D eigenvalue weighted by molar-refractivity contribution is 7.80. The summed E-state index contributed by atoms with van der Waals surface area (Å²) in [7, 11) is 1.00. The molecular formula is C53H76F6N8O7S. The molecule has 0 atom stereocenters. The van der Waals surface area contributed by atoms with Crippen LogP contribution in [0.1, 0.15) is 143 Å². The second-order valence-corrected chi connectivity index (χ2v) is 22.0. The lowest BCUT2D eigenvalue weighted by Crippen LogP contribution is -2.51. The third-order valence-electron chi connectivity index (χ3n) is 13.4. The van der Waals surface area contributed by atoms with E-state index in [4.69, 9.17) is 42.5 Å². The zero-order chi connectivity index (χ0) is 55.2. The molecule has 2 aromatic carbocycles. The highest BCUT2D eigenvalue weighted by Gasteiger charge is 2.47. The first kappa shape index (κ1) is 60.6. The van der Waals surface area contributed by atoms with Crippen LogP contribution >= 0.6 is 12.2 Å². The number of nitrogens with one attached hydrogen (secondary N) is 2. The van der Waals surface area contributed by atoms with Crippen LogP contribution in [0.5, 0.6) is 11.5 Å². The minimum Gasteiger partial charge on any atom is -0.444 e. The van der Waals surface area contributed by atoms with Gasteiger partial charge in [-0.1, -0.05) is 75.0 Å². The SMILES string of the molecule is CC(C)(C)OC(=O)N1CCC2(CC1)N=C(c1cccc(OC(F)(F)F)c1)NC2=NCC1CCCCC1.CC(C)(C)OC(=O)N1CCC2(CC1)N=C(c1cccc(OC(F)(F)F)c1)NC2=S.CO.NCC1CCCCC1. The monoisotopic (exact) mass is 1080 g/mol. The number of amidine groups is 3. The minimum atomic E-state index is -4.77. The number of nitrogens with two attached hydrogens (primary N) is 1. The average molecular weight is 1080 g/mol. The van der Waals surface area contributed by atoms with E-state index in [0.717, 1.165) is 38.2 Å². The number of nitrogens with zero attached hydrogens (tertiary/aromatic N) is 5. The summed E-state index contributed by atoms with van der Waals surface area (Å²) in [6, 6.07) is 11.4. The lowest BCUT2D eigenvalue weighted by atomic mass is 9.87. The zero-order valence-corrected chi connectivity index (χ0v) is 45.1. The van der Waals surface area contributed by atoms with Gasteiger partial charge in [0.2, 0.25) is 0 Å². The molecule has 2 aliphatic carbocycles. The van der Waals surface area contributed by atoms with Gasteiger partial charge in [0.05, 0.1) is 0 Å². The molecule has 22 heteroatoms. The van der Waals surface area contributed by atoms with E-state index in [1.807, 2.05) is 20.8 Å². The second-order valence-electron chi connectivity index (χ2n) is 21.6. The number of amides is 2. The summed E-state index contributed by atoms with van der Waals surface area (Å²) in [6.07, 6.45) is 4.86. The number of piperidine rings is 2. The Kier molecular flexibility index (Phi) is 21.2. The van der Waals surface area contributed by atoms with Crippen molar-refractivity contribution in [2.24, 2.45) is 32.5 Å². The first-order valence-electron chi connectivity index (χ1n) is 25.9. The van der Waals surface area contributed by atoms with Crippen molar-refractivity contribution in [3.05, 3.63) is 59.7 Å². The number of carbonyl (C=O) groups excluding carboxylic acids is 2. The van der Waals surface area contributed by atoms with Crippen molar-refractivity contribution >= 4 is 46.9 Å². The molecule has 2 saturated heterocycles. The first-order chi connectivity index (χ1) is 35.2. The van der Waals surface area contributed by atoms with Gasteiger partial charge in [-0.25, -0.2) is 9.59 Å². The number of halogens is 6. The van der Waals surface area contributed by atoms with Crippen LogP contribution in [-0.4, -0.2) is 131 Å². The van der Waals surface area contributed by atoms with Crippen LogP contribution in [0.4, 0.5) is 35.9 Å². The van der Waals surface area contributed by atoms with Gasteiger partial charge in [-0.15, -0.1) is 26.3 Å². The molecule has 4 heterocycles. The highest BCUT2D eigenvalue weighted by atomic mass is 32.1. The van der Waals surface area contributed by atoms with Gasteiger partial charge < -0.3 is 50.2 Å². The molecule has 2 spiro atoms. The van der Waals surface area contributed by atoms with Gasteiger partial charge in [0.15, 0.2) is 0 Å². The summed E-state index contributed by atoms with van der Waals surface area (Å²) in [5, 5.41) is 13.3. The van der Waals surface area contributed by atoms with Crippen LogP contribution in [-0.2, 0) is 9.47 Å². The summed E-state index contributed by atoms with van der Waals surface area (Å²) in [5.41, 5.74) is 3.96. The lowest BCUT2D eigenvalue weighted by molar-refractivity contribution is -0.275. The summed E-state index contributed by atoms with van der Waals surface area (Å²) in [6.45, 7) is 14.3. The third kappa shape index (κ3) is 18.8. The van der Waals surface area contributed by atoms with E-state index in [9.17, 15) is 35.9 Å². The van der Waals surface area contributed by atoms with Crippen LogP contribution in [0, 0.1) is 11.8 Å². The Morgan fingerprint density at radius 2 is 1.07 bits per heavy atom. The molecule has 0 unspecified atom stereocenters. The van der Waals surface area contributed by atoms with Gasteiger partial charge in [-0.2, -0.15) is 0 Å². The molecule has 4 fully saturated rings. The number of rotatable bonds is 7. The topological polar surface area (TPSA) is 185 Å². The van der Waals surface area contributed by atoms with Crippen LogP contribution < -0.4 is 25.8 Å². The molecule has 0 bridgehead atoms. The summed E-state index contributed by atoms with van der Waals surface area (Å²) < 4.78 is 94.7. The molecule has 8 rings (SSSR count). The molecular weight excluding hydrogens is 1010 g/mol. The van der Waals surface area contributed by atoms with Crippen molar-refractivity contribution in [2.75, 3.05) is 46.4 Å². The van der Waals surface area contributed by atoms with Gasteiger partial charge >= 0.3 is 24.9 Å². The predicted octanol–water partition coefficient (Wildman–Crippen LogP) is 10.8. The number of alkyl halides is 6. The van der Waals surface area contributed by atoms with Crippen LogP contribution in [0.2, 0.25) is 0 Å². The van der Waals surface area contributed by atoms with Crippen LogP contribution in [0.25, 0.3) is 0 Å². The molecule has 0 aromatic heterocycles. The second kappa shape index (κ2) is 26.2. The number of hydrogen-bond donors (Lipinski definition) is 4. The Bertz CT molecular complexity index is 2310. The molecule has 4 aliphatic heterocycles. The van der Waals surface area contributed by atoms with E-state index in [1.165, 1.54) is 87.8 Å². The normalized spacial score (nSPS) is 20.5. The molecule has 2 aromatic rings. The number of likely N-dealkylation sites (tertiary alicyclic amines) is 2. The number of aliphatic hydroxyl groups excluding tert-OH is 1. The zero-order valence-electron chi connectivity index (χ0n) is 44.3. The van der Waals surface area contributed by atoms with Gasteiger partial charge in [0.1, 0.15) is 56.3 Å². The maximum absolute atomic E-state index is 12.8. The number of thiocarbonyl (C=S) groups is 1. The Balaban J connectivity index is 0.000000238. The van der Waals surface area contributed by atoms with Gasteiger partial charge in [0, 0.05) is 51.0 Å². The van der Waals surface area contributed by atoms with Crippen LogP contribution in [0.3, 0.4) is 0 Å². The Hall–Kier alpha value is -5.22. The summed E-state index contributed by atoms with van der Waals surface area (Å²) in [5.74, 6) is 2.36. The predicted molar refractivity (Wildman–Crippen MR) is 280 cm³/mol. The summed E-state index contributed by atoms with van der Waals surface area (Å²) in [4.78, 5) is 43.2. The van der Waals surface area contributed by atoms with Crippen molar-refractivity contribution in [1.29, 1.82) is 0 Å². The van der Waals surface area contributed by atoms with Gasteiger partial charge in [0.25, 0.3) is 0 Å². The van der Waals surface area contributed by atoms with Crippen molar-refractivity contribution in [1.82, 2.24) is 20.4 Å². The molecule has 75 heavy (non-hydrogen) atoms. The molecule has 5 N–H and O–H groups in total. The Morgan fingerprint density at radius 1 is 0.667 bits per heavy atom. The standard InChI is InChI=1S/C26H35F3N4O3.C19H22F3N3O3S.C7H15N.CH4O/c1-24(2,3)36-23(34)33-14-12-25(13-15-33)22(30-17-18-8-5-4-6-9-18)31-21(32-25)19-10-7-11-20(16-19)35-26(27,28)29;1-17(2,3)28-16(26)25-9-7-18(8-10-25)15(29)23-14(24-18)12-5-4-6-13(11-12)27-19(20,21)22;8-6-7-4-2-1-3-5-7;1-2/h7,10-11,16,18H,4-6,8-9,12-15,17H2,1-3H3,(H,30,31,32);4-6,11H,7-10H2,1-3H3,(H,23,24,29);7H,1-6,8H2;2H,1H3. The number of ether oxygens (including phenoxy) is 4. The Morgan fingerprint density at radius 3 is 1.47 bits per heavy atom. The number of carbonyl (C=O) groups is 2. The Labute approximate surface area is 442 Å². The fourth-order valence-electron chi connectivity index (χ4n) is 9.65. The van der Waals surface area contributed by atoms with Crippen molar-refractivity contribution in [2.45, 2.75) is 166 Å². The minimum absolute atomic E-state index is 0.300. The molecule has 6 aliphatic rings. The quantitative estimate of drug-likeness (QED) is 0.153. The van der Waals surface area contributed by atoms with E-state index in [2.05, 4.69) is 25.1 Å².